The lowest BCUT2D eigenvalue weighted by Gasteiger charge is -2.22. The van der Waals surface area contributed by atoms with Gasteiger partial charge in [0.25, 0.3) is 0 Å². The van der Waals surface area contributed by atoms with Gasteiger partial charge in [0.1, 0.15) is 5.82 Å². The van der Waals surface area contributed by atoms with Crippen LogP contribution in [0, 0.1) is 12.7 Å². The average molecular weight is 371 g/mol. The molecule has 0 fully saturated rings. The Hall–Kier alpha value is -2.31. The molecule has 0 aliphatic rings. The van der Waals surface area contributed by atoms with Crippen molar-refractivity contribution in [3.8, 4) is 0 Å². The first-order valence-corrected chi connectivity index (χ1v) is 9.31. The van der Waals surface area contributed by atoms with E-state index in [0.29, 0.717) is 11.7 Å². The lowest BCUT2D eigenvalue weighted by molar-refractivity contribution is -0.118. The molecule has 136 valence electrons. The zero-order valence-corrected chi connectivity index (χ0v) is 16.0. The van der Waals surface area contributed by atoms with Crippen molar-refractivity contribution in [2.45, 2.75) is 13.3 Å². The summed E-state index contributed by atoms with van der Waals surface area (Å²) in [5.74, 6) is -0.331. The first-order valence-electron chi connectivity index (χ1n) is 8.50. The molecule has 0 aliphatic heterocycles. The normalized spacial score (nSPS) is 11.3. The molecule has 6 heteroatoms. The van der Waals surface area contributed by atoms with Crippen LogP contribution >= 0.6 is 11.3 Å². The van der Waals surface area contributed by atoms with Crippen LogP contribution in [0.25, 0.3) is 10.2 Å². The first-order chi connectivity index (χ1) is 12.4. The van der Waals surface area contributed by atoms with Crippen molar-refractivity contribution in [2.75, 3.05) is 32.1 Å². The summed E-state index contributed by atoms with van der Waals surface area (Å²) in [5.41, 5.74) is 2.84. The molecule has 3 aromatic rings. The molecular formula is C20H22FN3OS. The van der Waals surface area contributed by atoms with Crippen LogP contribution in [0.15, 0.2) is 42.5 Å². The summed E-state index contributed by atoms with van der Waals surface area (Å²) in [5, 5.41) is 0.711. The van der Waals surface area contributed by atoms with Gasteiger partial charge in [0.15, 0.2) is 5.13 Å². The molecule has 0 bridgehead atoms. The summed E-state index contributed by atoms with van der Waals surface area (Å²) >= 11 is 1.53. The molecule has 0 saturated carbocycles. The quantitative estimate of drug-likeness (QED) is 0.660. The van der Waals surface area contributed by atoms with Gasteiger partial charge in [-0.1, -0.05) is 35.6 Å². The molecule has 0 saturated heterocycles. The van der Waals surface area contributed by atoms with Crippen LogP contribution in [-0.2, 0) is 11.2 Å². The van der Waals surface area contributed by atoms with Gasteiger partial charge in [-0.05, 0) is 50.3 Å². The molecule has 0 aliphatic carbocycles. The Balaban J connectivity index is 1.88. The van der Waals surface area contributed by atoms with Crippen molar-refractivity contribution >= 4 is 32.6 Å². The molecule has 2 aromatic carbocycles. The Morgan fingerprint density at radius 2 is 1.85 bits per heavy atom. The Labute approximate surface area is 156 Å². The van der Waals surface area contributed by atoms with Crippen LogP contribution in [0.1, 0.15) is 11.1 Å². The number of carbonyl (C=O) groups excluding carboxylic acids is 1. The number of likely N-dealkylation sites (N-methyl/N-ethyl adjacent to an activating group) is 1. The minimum atomic E-state index is -0.299. The zero-order valence-electron chi connectivity index (χ0n) is 15.2. The number of aromatic nitrogens is 1. The fourth-order valence-electron chi connectivity index (χ4n) is 2.69. The van der Waals surface area contributed by atoms with Crippen molar-refractivity contribution in [1.29, 1.82) is 0 Å². The van der Waals surface area contributed by atoms with Crippen LogP contribution in [0.4, 0.5) is 9.52 Å². The maximum absolute atomic E-state index is 13.1. The van der Waals surface area contributed by atoms with Crippen molar-refractivity contribution in [2.24, 2.45) is 0 Å². The van der Waals surface area contributed by atoms with E-state index < -0.39 is 0 Å². The van der Waals surface area contributed by atoms with Gasteiger partial charge in [0.2, 0.25) is 5.91 Å². The smallest absolute Gasteiger partial charge is 0.233 e. The third-order valence-electron chi connectivity index (χ3n) is 4.18. The number of amides is 1. The number of hydrogen-bond donors (Lipinski definition) is 0. The van der Waals surface area contributed by atoms with Gasteiger partial charge >= 0.3 is 0 Å². The molecule has 0 N–H and O–H groups in total. The van der Waals surface area contributed by atoms with Gasteiger partial charge in [0, 0.05) is 13.1 Å². The number of anilines is 1. The van der Waals surface area contributed by atoms with Gasteiger partial charge in [-0.15, -0.1) is 0 Å². The fraction of sp³-hybridized carbons (Fsp3) is 0.300. The molecule has 0 spiro atoms. The summed E-state index contributed by atoms with van der Waals surface area (Å²) in [6, 6.07) is 12.1. The highest BCUT2D eigenvalue weighted by molar-refractivity contribution is 7.22. The number of carbonyl (C=O) groups is 1. The summed E-state index contributed by atoms with van der Waals surface area (Å²) in [4.78, 5) is 21.4. The summed E-state index contributed by atoms with van der Waals surface area (Å²) in [6.45, 7) is 3.33. The zero-order chi connectivity index (χ0) is 18.7. The predicted molar refractivity (Wildman–Crippen MR) is 105 cm³/mol. The van der Waals surface area contributed by atoms with E-state index in [1.165, 1.54) is 23.5 Å². The maximum atomic E-state index is 13.1. The number of hydrogen-bond acceptors (Lipinski definition) is 4. The van der Waals surface area contributed by atoms with Crippen LogP contribution in [-0.4, -0.2) is 43.0 Å². The van der Waals surface area contributed by atoms with Crippen LogP contribution < -0.4 is 4.90 Å². The van der Waals surface area contributed by atoms with Gasteiger partial charge in [-0.25, -0.2) is 9.37 Å². The molecule has 1 aromatic heterocycles. The van der Waals surface area contributed by atoms with Crippen molar-refractivity contribution in [3.05, 3.63) is 59.4 Å². The summed E-state index contributed by atoms with van der Waals surface area (Å²) in [6.07, 6.45) is 0.225. The van der Waals surface area contributed by atoms with Gasteiger partial charge in [-0.2, -0.15) is 0 Å². The van der Waals surface area contributed by atoms with E-state index in [1.54, 1.807) is 17.0 Å². The van der Waals surface area contributed by atoms with E-state index in [4.69, 9.17) is 4.98 Å². The Morgan fingerprint density at radius 3 is 2.50 bits per heavy atom. The maximum Gasteiger partial charge on any atom is 0.233 e. The second-order valence-corrected chi connectivity index (χ2v) is 7.58. The second-order valence-electron chi connectivity index (χ2n) is 6.57. The van der Waals surface area contributed by atoms with Crippen LogP contribution in [0.5, 0.6) is 0 Å². The topological polar surface area (TPSA) is 36.4 Å². The van der Waals surface area contributed by atoms with Crippen LogP contribution in [0.3, 0.4) is 0 Å². The molecule has 1 amide bonds. The highest BCUT2D eigenvalue weighted by atomic mass is 32.1. The lowest BCUT2D eigenvalue weighted by atomic mass is 10.1. The van der Waals surface area contributed by atoms with Crippen molar-refractivity contribution in [1.82, 2.24) is 9.88 Å². The molecule has 1 heterocycles. The molecule has 0 radical (unpaired) electrons. The SMILES string of the molecule is Cc1cccc2sc(N(CCN(C)C)C(=O)Cc3ccc(F)cc3)nc12. The van der Waals surface area contributed by atoms with Crippen LogP contribution in [0.2, 0.25) is 0 Å². The molecule has 26 heavy (non-hydrogen) atoms. The predicted octanol–water partition coefficient (Wildman–Crippen LogP) is 3.88. The van der Waals surface area contributed by atoms with Crippen molar-refractivity contribution < 1.29 is 9.18 Å². The van der Waals surface area contributed by atoms with E-state index in [9.17, 15) is 9.18 Å². The highest BCUT2D eigenvalue weighted by Gasteiger charge is 2.20. The number of para-hydroxylation sites is 1. The van der Waals surface area contributed by atoms with E-state index in [-0.39, 0.29) is 18.1 Å². The molecule has 0 unspecified atom stereocenters. The van der Waals surface area contributed by atoms with E-state index >= 15 is 0 Å². The largest absolute Gasteiger partial charge is 0.308 e. The van der Waals surface area contributed by atoms with Gasteiger partial charge in [-0.3, -0.25) is 9.69 Å². The summed E-state index contributed by atoms with van der Waals surface area (Å²) in [7, 11) is 3.95. The lowest BCUT2D eigenvalue weighted by Crippen LogP contribution is -2.37. The summed E-state index contributed by atoms with van der Waals surface area (Å²) < 4.78 is 14.2. The fourth-order valence-corrected chi connectivity index (χ4v) is 3.78. The third-order valence-corrected chi connectivity index (χ3v) is 5.22. The monoisotopic (exact) mass is 371 g/mol. The number of nitrogens with zero attached hydrogens (tertiary/aromatic N) is 3. The number of fused-ring (bicyclic) bond motifs is 1. The number of benzene rings is 2. The Morgan fingerprint density at radius 1 is 1.12 bits per heavy atom. The Bertz CT molecular complexity index is 905. The van der Waals surface area contributed by atoms with Gasteiger partial charge in [0.05, 0.1) is 16.6 Å². The third kappa shape index (κ3) is 4.26. The Kier molecular flexibility index (Phi) is 5.64. The number of thiazole rings is 1. The average Bonchev–Trinajstić information content (AvgIpc) is 3.02. The van der Waals surface area contributed by atoms with E-state index in [1.807, 2.05) is 44.1 Å². The standard InChI is InChI=1S/C20H22FN3OS/c1-14-5-4-6-17-19(14)22-20(26-17)24(12-11-23(2)3)18(25)13-15-7-9-16(21)10-8-15/h4-10H,11-13H2,1-3H3. The molecule has 4 nitrogen and oxygen atoms in total. The molecule has 0 atom stereocenters. The molecule has 3 rings (SSSR count). The molecular weight excluding hydrogens is 349 g/mol. The van der Waals surface area contributed by atoms with E-state index in [2.05, 4.69) is 0 Å². The number of halogens is 1. The second kappa shape index (κ2) is 7.93. The number of rotatable bonds is 6. The highest BCUT2D eigenvalue weighted by Crippen LogP contribution is 2.30. The van der Waals surface area contributed by atoms with Crippen molar-refractivity contribution in [3.63, 3.8) is 0 Å². The first kappa shape index (κ1) is 18.5. The van der Waals surface area contributed by atoms with Gasteiger partial charge < -0.3 is 4.90 Å². The van der Waals surface area contributed by atoms with E-state index in [0.717, 1.165) is 27.9 Å². The minimum Gasteiger partial charge on any atom is -0.308 e. The minimum absolute atomic E-state index is 0.0323. The number of aryl methyl sites for hydroxylation is 1.